The molecule has 0 saturated heterocycles. The van der Waals surface area contributed by atoms with Crippen LogP contribution < -0.4 is 5.84 Å². The van der Waals surface area contributed by atoms with Gasteiger partial charge in [0, 0.05) is 23.3 Å². The van der Waals surface area contributed by atoms with Crippen LogP contribution in [0.5, 0.6) is 0 Å². The van der Waals surface area contributed by atoms with Crippen molar-refractivity contribution in [1.82, 2.24) is 35.3 Å². The topological polar surface area (TPSA) is 148 Å². The van der Waals surface area contributed by atoms with Gasteiger partial charge in [-0.3, -0.25) is 4.68 Å². The SMILES string of the molecule is Cc1nc(-c2cccc(F)c2)ncc1C(=O)O.Nn1cc(-c2nn[nH]n2)c2cc(F)ccc21. The van der Waals surface area contributed by atoms with Gasteiger partial charge in [0.15, 0.2) is 5.82 Å². The van der Waals surface area contributed by atoms with Crippen LogP contribution in [0.25, 0.3) is 33.7 Å². The highest BCUT2D eigenvalue weighted by Crippen LogP contribution is 2.27. The minimum Gasteiger partial charge on any atom is -0.478 e. The lowest BCUT2D eigenvalue weighted by Gasteiger charge is -2.03. The number of rotatable bonds is 3. The zero-order valence-electron chi connectivity index (χ0n) is 17.1. The van der Waals surface area contributed by atoms with Gasteiger partial charge in [-0.05, 0) is 42.5 Å². The van der Waals surface area contributed by atoms with E-state index >= 15 is 0 Å². The van der Waals surface area contributed by atoms with E-state index in [9.17, 15) is 13.6 Å². The summed E-state index contributed by atoms with van der Waals surface area (Å²) in [6.45, 7) is 1.58. The van der Waals surface area contributed by atoms with Crippen molar-refractivity contribution in [1.29, 1.82) is 0 Å². The Bertz CT molecular complexity index is 1450. The first kappa shape index (κ1) is 21.5. The van der Waals surface area contributed by atoms with E-state index in [0.29, 0.717) is 39.4 Å². The minimum atomic E-state index is -1.08. The van der Waals surface area contributed by atoms with E-state index in [1.807, 2.05) is 0 Å². The van der Waals surface area contributed by atoms with Gasteiger partial charge in [-0.1, -0.05) is 12.1 Å². The summed E-state index contributed by atoms with van der Waals surface area (Å²) in [5.41, 5.74) is 2.27. The molecule has 0 unspecified atom stereocenters. The molecule has 166 valence electrons. The number of tetrazole rings is 1. The van der Waals surface area contributed by atoms with Crippen molar-refractivity contribution in [2.75, 3.05) is 5.84 Å². The molecule has 0 atom stereocenters. The Kier molecular flexibility index (Phi) is 5.72. The molecule has 0 aliphatic heterocycles. The zero-order chi connectivity index (χ0) is 23.5. The van der Waals surface area contributed by atoms with Crippen molar-refractivity contribution in [3.63, 3.8) is 0 Å². The Morgan fingerprint density at radius 2 is 1.91 bits per heavy atom. The van der Waals surface area contributed by atoms with Crippen LogP contribution in [-0.2, 0) is 0 Å². The molecule has 5 rings (SSSR count). The molecule has 3 heterocycles. The third-order valence-electron chi connectivity index (χ3n) is 4.67. The summed E-state index contributed by atoms with van der Waals surface area (Å²) in [6, 6.07) is 10.2. The van der Waals surface area contributed by atoms with Gasteiger partial charge in [0.1, 0.15) is 11.6 Å². The lowest BCUT2D eigenvalue weighted by Crippen LogP contribution is -2.04. The number of nitrogens with one attached hydrogen (secondary N) is 1. The van der Waals surface area contributed by atoms with Gasteiger partial charge in [-0.2, -0.15) is 5.21 Å². The van der Waals surface area contributed by atoms with Crippen LogP contribution in [0.1, 0.15) is 16.1 Å². The predicted molar refractivity (Wildman–Crippen MR) is 114 cm³/mol. The quantitative estimate of drug-likeness (QED) is 0.355. The summed E-state index contributed by atoms with van der Waals surface area (Å²) >= 11 is 0. The molecule has 0 saturated carbocycles. The van der Waals surface area contributed by atoms with Gasteiger partial charge in [-0.25, -0.2) is 23.5 Å². The number of carboxylic acid groups (broad SMARTS) is 1. The van der Waals surface area contributed by atoms with E-state index in [0.717, 1.165) is 0 Å². The number of halogens is 2. The van der Waals surface area contributed by atoms with Crippen molar-refractivity contribution >= 4 is 16.9 Å². The Balaban J connectivity index is 0.000000157. The number of hydrogen-bond donors (Lipinski definition) is 3. The van der Waals surface area contributed by atoms with Crippen LogP contribution in [0.2, 0.25) is 0 Å². The molecule has 0 aliphatic rings. The molecule has 5 aromatic rings. The Morgan fingerprint density at radius 3 is 2.58 bits per heavy atom. The average Bonchev–Trinajstić information content (AvgIpc) is 3.42. The maximum absolute atomic E-state index is 13.2. The summed E-state index contributed by atoms with van der Waals surface area (Å²) in [7, 11) is 0. The van der Waals surface area contributed by atoms with Crippen LogP contribution in [-0.4, -0.2) is 46.3 Å². The first-order valence-corrected chi connectivity index (χ1v) is 9.46. The fraction of sp³-hybridized carbons (Fsp3) is 0.0476. The third-order valence-corrected chi connectivity index (χ3v) is 4.67. The molecule has 12 heteroatoms. The molecule has 2 aromatic carbocycles. The monoisotopic (exact) mass is 450 g/mol. The second kappa shape index (κ2) is 8.78. The zero-order valence-corrected chi connectivity index (χ0v) is 17.1. The standard InChI is InChI=1S/C12H9FN2O2.C9H7FN6/c1-7-10(12(16)17)6-14-11(15-7)8-3-2-4-9(13)5-8;10-5-1-2-8-6(3-5)7(4-16(8)11)9-12-14-15-13-9/h2-6H,1H3,(H,16,17);1-4H,11H2,(H,12,13,14,15). The number of aromatic carboxylic acids is 1. The largest absolute Gasteiger partial charge is 0.478 e. The van der Waals surface area contributed by atoms with Crippen molar-refractivity contribution in [2.45, 2.75) is 6.92 Å². The van der Waals surface area contributed by atoms with Gasteiger partial charge in [0.2, 0.25) is 5.82 Å². The number of benzene rings is 2. The van der Waals surface area contributed by atoms with E-state index in [1.165, 1.54) is 35.1 Å². The van der Waals surface area contributed by atoms with Crippen LogP contribution >= 0.6 is 0 Å². The smallest absolute Gasteiger partial charge is 0.339 e. The average molecular weight is 450 g/mol. The number of fused-ring (bicyclic) bond motifs is 1. The second-order valence-electron chi connectivity index (χ2n) is 6.86. The van der Waals surface area contributed by atoms with E-state index in [2.05, 4.69) is 30.6 Å². The number of aromatic amines is 1. The fourth-order valence-electron chi connectivity index (χ4n) is 3.13. The Labute approximate surface area is 184 Å². The first-order chi connectivity index (χ1) is 15.8. The number of hydrogen-bond acceptors (Lipinski definition) is 7. The molecule has 10 nitrogen and oxygen atoms in total. The Hall–Kier alpha value is -4.74. The molecule has 33 heavy (non-hydrogen) atoms. The summed E-state index contributed by atoms with van der Waals surface area (Å²) in [6.07, 6.45) is 2.86. The number of carbonyl (C=O) groups is 1. The van der Waals surface area contributed by atoms with Crippen LogP contribution in [0.4, 0.5) is 8.78 Å². The summed E-state index contributed by atoms with van der Waals surface area (Å²) in [5, 5.41) is 23.0. The number of H-pyrrole nitrogens is 1. The van der Waals surface area contributed by atoms with Gasteiger partial charge in [0.25, 0.3) is 0 Å². The van der Waals surface area contributed by atoms with Gasteiger partial charge < -0.3 is 10.9 Å². The predicted octanol–water partition coefficient (Wildman–Crippen LogP) is 2.96. The molecule has 0 radical (unpaired) electrons. The number of carboxylic acids is 1. The Morgan fingerprint density at radius 1 is 1.12 bits per heavy atom. The van der Waals surface area contributed by atoms with Crippen LogP contribution in [0, 0.1) is 18.6 Å². The van der Waals surface area contributed by atoms with Crippen LogP contribution in [0.15, 0.2) is 54.9 Å². The molecule has 0 fully saturated rings. The van der Waals surface area contributed by atoms with Gasteiger partial charge >= 0.3 is 5.97 Å². The molecule has 3 aromatic heterocycles. The number of aryl methyl sites for hydroxylation is 1. The van der Waals surface area contributed by atoms with E-state index in [-0.39, 0.29) is 17.2 Å². The molecule has 0 bridgehead atoms. The van der Waals surface area contributed by atoms with E-state index in [1.54, 1.807) is 31.3 Å². The first-order valence-electron chi connectivity index (χ1n) is 9.46. The summed E-state index contributed by atoms with van der Waals surface area (Å²) in [4.78, 5) is 18.7. The third kappa shape index (κ3) is 4.49. The highest BCUT2D eigenvalue weighted by molar-refractivity contribution is 5.94. The maximum Gasteiger partial charge on any atom is 0.339 e. The molecule has 4 N–H and O–H groups in total. The van der Waals surface area contributed by atoms with Crippen molar-refractivity contribution in [2.24, 2.45) is 0 Å². The van der Waals surface area contributed by atoms with Crippen molar-refractivity contribution < 1.29 is 18.7 Å². The summed E-state index contributed by atoms with van der Waals surface area (Å²) in [5.74, 6) is 4.65. The minimum absolute atomic E-state index is 0.0464. The van der Waals surface area contributed by atoms with Gasteiger partial charge in [-0.15, -0.1) is 10.2 Å². The maximum atomic E-state index is 13.2. The van der Waals surface area contributed by atoms with Crippen molar-refractivity contribution in [3.8, 4) is 22.8 Å². The molecule has 0 amide bonds. The highest BCUT2D eigenvalue weighted by Gasteiger charge is 2.13. The fourth-order valence-corrected chi connectivity index (χ4v) is 3.13. The van der Waals surface area contributed by atoms with Crippen molar-refractivity contribution in [3.05, 3.63) is 77.8 Å². The summed E-state index contributed by atoms with van der Waals surface area (Å²) < 4.78 is 27.6. The number of nitrogen functional groups attached to an aromatic ring is 1. The number of aromatic nitrogens is 7. The normalized spacial score (nSPS) is 10.6. The number of nitrogens with zero attached hydrogens (tertiary/aromatic N) is 6. The molecule has 0 aliphatic carbocycles. The van der Waals surface area contributed by atoms with E-state index in [4.69, 9.17) is 10.9 Å². The molecule has 0 spiro atoms. The molecular weight excluding hydrogens is 434 g/mol. The van der Waals surface area contributed by atoms with Gasteiger partial charge in [0.05, 0.1) is 22.3 Å². The molecular formula is C21H16F2N8O2. The van der Waals surface area contributed by atoms with Crippen LogP contribution in [0.3, 0.4) is 0 Å². The lowest BCUT2D eigenvalue weighted by molar-refractivity contribution is 0.0695. The highest BCUT2D eigenvalue weighted by atomic mass is 19.1. The van der Waals surface area contributed by atoms with E-state index < -0.39 is 5.97 Å². The number of nitrogens with two attached hydrogens (primary N) is 1. The lowest BCUT2D eigenvalue weighted by atomic mass is 10.1. The second-order valence-corrected chi connectivity index (χ2v) is 6.86.